The van der Waals surface area contributed by atoms with Gasteiger partial charge in [0.05, 0.1) is 10.9 Å². The largest absolute Gasteiger partial charge is 0.346 e. The highest BCUT2D eigenvalue weighted by atomic mass is 32.2. The Balaban J connectivity index is 1.69. The van der Waals surface area contributed by atoms with Gasteiger partial charge in [0.15, 0.2) is 0 Å². The maximum atomic E-state index is 12.6. The zero-order chi connectivity index (χ0) is 21.9. The Morgan fingerprint density at radius 2 is 1.43 bits per heavy atom. The number of hydrogen-bond acceptors (Lipinski definition) is 3. The molecule has 0 heterocycles. The quantitative estimate of drug-likeness (QED) is 0.593. The van der Waals surface area contributed by atoms with Gasteiger partial charge >= 0.3 is 0 Å². The summed E-state index contributed by atoms with van der Waals surface area (Å²) in [5, 5.41) is 2.99. The molecule has 3 aromatic rings. The maximum absolute atomic E-state index is 12.6. The summed E-state index contributed by atoms with van der Waals surface area (Å²) >= 11 is 0. The van der Waals surface area contributed by atoms with Crippen LogP contribution >= 0.6 is 0 Å². The average molecular weight is 423 g/mol. The molecule has 0 fully saturated rings. The summed E-state index contributed by atoms with van der Waals surface area (Å²) in [7, 11) is -3.68. The van der Waals surface area contributed by atoms with Gasteiger partial charge in [-0.3, -0.25) is 9.52 Å². The van der Waals surface area contributed by atoms with Gasteiger partial charge in [-0.1, -0.05) is 41.5 Å². The molecule has 5 nitrogen and oxygen atoms in total. The van der Waals surface area contributed by atoms with Crippen molar-refractivity contribution in [2.75, 3.05) is 4.72 Å². The van der Waals surface area contributed by atoms with E-state index in [9.17, 15) is 13.2 Å². The minimum absolute atomic E-state index is 0.141. The molecular weight excluding hydrogens is 396 g/mol. The molecule has 6 heteroatoms. The van der Waals surface area contributed by atoms with Gasteiger partial charge in [0, 0.05) is 11.3 Å². The summed E-state index contributed by atoms with van der Waals surface area (Å²) in [6.07, 6.45) is 0. The van der Waals surface area contributed by atoms with Crippen LogP contribution in [0, 0.1) is 20.8 Å². The number of anilines is 1. The van der Waals surface area contributed by atoms with Crippen LogP contribution in [-0.2, 0) is 10.0 Å². The van der Waals surface area contributed by atoms with Crippen LogP contribution in [0.5, 0.6) is 0 Å². The SMILES string of the molecule is Cc1ccc(S(=O)(=O)Nc2ccc(C(=O)NC(C)c3ccc(C)cc3C)cc2)cc1. The zero-order valence-corrected chi connectivity index (χ0v) is 18.4. The predicted molar refractivity (Wildman–Crippen MR) is 120 cm³/mol. The predicted octanol–water partition coefficient (Wildman–Crippen LogP) is 4.90. The third-order valence-corrected chi connectivity index (χ3v) is 6.37. The summed E-state index contributed by atoms with van der Waals surface area (Å²) < 4.78 is 27.5. The van der Waals surface area contributed by atoms with Gasteiger partial charge in [-0.25, -0.2) is 8.42 Å². The van der Waals surface area contributed by atoms with E-state index >= 15 is 0 Å². The van der Waals surface area contributed by atoms with E-state index in [4.69, 9.17) is 0 Å². The molecule has 0 aliphatic rings. The first-order chi connectivity index (χ1) is 14.2. The highest BCUT2D eigenvalue weighted by molar-refractivity contribution is 7.92. The normalized spacial score (nSPS) is 12.3. The zero-order valence-electron chi connectivity index (χ0n) is 17.6. The Bertz CT molecular complexity index is 1150. The Labute approximate surface area is 178 Å². The smallest absolute Gasteiger partial charge is 0.261 e. The minimum Gasteiger partial charge on any atom is -0.346 e. The van der Waals surface area contributed by atoms with Crippen LogP contribution in [-0.4, -0.2) is 14.3 Å². The molecule has 0 aliphatic heterocycles. The number of carbonyl (C=O) groups excluding carboxylic acids is 1. The minimum atomic E-state index is -3.68. The van der Waals surface area contributed by atoms with Gasteiger partial charge in [0.2, 0.25) is 0 Å². The summed E-state index contributed by atoms with van der Waals surface area (Å²) in [5.41, 5.74) is 5.22. The van der Waals surface area contributed by atoms with Crippen molar-refractivity contribution < 1.29 is 13.2 Å². The lowest BCUT2D eigenvalue weighted by molar-refractivity contribution is 0.0940. The molecule has 0 aromatic heterocycles. The number of carbonyl (C=O) groups is 1. The van der Waals surface area contributed by atoms with E-state index < -0.39 is 10.0 Å². The highest BCUT2D eigenvalue weighted by Gasteiger charge is 2.16. The lowest BCUT2D eigenvalue weighted by atomic mass is 10.00. The van der Waals surface area contributed by atoms with Crippen LogP contribution < -0.4 is 10.0 Å². The molecule has 0 aliphatic carbocycles. The fourth-order valence-electron chi connectivity index (χ4n) is 3.29. The number of hydrogen-bond donors (Lipinski definition) is 2. The Kier molecular flexibility index (Phi) is 6.27. The first-order valence-corrected chi connectivity index (χ1v) is 11.2. The average Bonchev–Trinajstić information content (AvgIpc) is 2.68. The van der Waals surface area contributed by atoms with Crippen LogP contribution in [0.25, 0.3) is 0 Å². The van der Waals surface area contributed by atoms with E-state index in [1.165, 1.54) is 5.56 Å². The van der Waals surface area contributed by atoms with Crippen molar-refractivity contribution in [1.29, 1.82) is 0 Å². The van der Waals surface area contributed by atoms with E-state index in [0.717, 1.165) is 16.7 Å². The lowest BCUT2D eigenvalue weighted by Crippen LogP contribution is -2.27. The number of amides is 1. The lowest BCUT2D eigenvalue weighted by Gasteiger charge is -2.17. The second-order valence-corrected chi connectivity index (χ2v) is 9.23. The standard InChI is InChI=1S/C24H26N2O3S/c1-16-5-12-22(13-6-16)30(28,29)26-21-10-8-20(9-11-21)24(27)25-19(4)23-14-7-17(2)15-18(23)3/h5-15,19,26H,1-4H3,(H,25,27). The molecule has 0 radical (unpaired) electrons. The summed E-state index contributed by atoms with van der Waals surface area (Å²) in [6.45, 7) is 7.91. The fraction of sp³-hybridized carbons (Fsp3) is 0.208. The summed E-state index contributed by atoms with van der Waals surface area (Å²) in [5.74, 6) is -0.213. The molecule has 1 unspecified atom stereocenters. The molecule has 0 spiro atoms. The number of aryl methyl sites for hydroxylation is 3. The van der Waals surface area contributed by atoms with Crippen LogP contribution in [0.15, 0.2) is 71.6 Å². The molecule has 0 saturated heterocycles. The van der Waals surface area contributed by atoms with Gasteiger partial charge in [-0.05, 0) is 75.2 Å². The molecule has 3 rings (SSSR count). The second kappa shape index (κ2) is 8.71. The van der Waals surface area contributed by atoms with E-state index in [1.54, 1.807) is 48.5 Å². The van der Waals surface area contributed by atoms with Gasteiger partial charge in [0.1, 0.15) is 0 Å². The number of rotatable bonds is 6. The number of sulfonamides is 1. The Morgan fingerprint density at radius 1 is 0.833 bits per heavy atom. The van der Waals surface area contributed by atoms with E-state index in [0.29, 0.717) is 11.3 Å². The van der Waals surface area contributed by atoms with Gasteiger partial charge in [-0.15, -0.1) is 0 Å². The molecular formula is C24H26N2O3S. The monoisotopic (exact) mass is 422 g/mol. The number of nitrogens with one attached hydrogen (secondary N) is 2. The van der Waals surface area contributed by atoms with Crippen molar-refractivity contribution in [2.24, 2.45) is 0 Å². The molecule has 0 bridgehead atoms. The van der Waals surface area contributed by atoms with Crippen molar-refractivity contribution >= 4 is 21.6 Å². The third kappa shape index (κ3) is 5.07. The maximum Gasteiger partial charge on any atom is 0.261 e. The summed E-state index contributed by atoms with van der Waals surface area (Å²) in [6, 6.07) is 19.0. The van der Waals surface area contributed by atoms with Gasteiger partial charge in [0.25, 0.3) is 15.9 Å². The molecule has 2 N–H and O–H groups in total. The van der Waals surface area contributed by atoms with E-state index in [2.05, 4.69) is 16.1 Å². The van der Waals surface area contributed by atoms with Crippen molar-refractivity contribution in [3.8, 4) is 0 Å². The molecule has 0 saturated carbocycles. The van der Waals surface area contributed by atoms with Gasteiger partial charge < -0.3 is 5.32 Å². The third-order valence-electron chi connectivity index (χ3n) is 4.97. The van der Waals surface area contributed by atoms with Crippen LogP contribution in [0.4, 0.5) is 5.69 Å². The van der Waals surface area contributed by atoms with Crippen molar-refractivity contribution in [2.45, 2.75) is 38.6 Å². The summed E-state index contributed by atoms with van der Waals surface area (Å²) in [4.78, 5) is 12.8. The van der Waals surface area contributed by atoms with Crippen molar-refractivity contribution in [1.82, 2.24) is 5.32 Å². The van der Waals surface area contributed by atoms with Gasteiger partial charge in [-0.2, -0.15) is 0 Å². The molecule has 3 aromatic carbocycles. The fourth-order valence-corrected chi connectivity index (χ4v) is 4.35. The van der Waals surface area contributed by atoms with E-state index in [1.807, 2.05) is 39.8 Å². The topological polar surface area (TPSA) is 75.3 Å². The van der Waals surface area contributed by atoms with E-state index in [-0.39, 0.29) is 16.8 Å². The first kappa shape index (κ1) is 21.6. The number of benzene rings is 3. The van der Waals surface area contributed by atoms with Crippen LogP contribution in [0.3, 0.4) is 0 Å². The molecule has 30 heavy (non-hydrogen) atoms. The first-order valence-electron chi connectivity index (χ1n) is 9.73. The second-order valence-electron chi connectivity index (χ2n) is 7.55. The Hall–Kier alpha value is -3.12. The highest BCUT2D eigenvalue weighted by Crippen LogP contribution is 2.20. The van der Waals surface area contributed by atoms with Crippen molar-refractivity contribution in [3.05, 3.63) is 94.5 Å². The molecule has 1 atom stereocenters. The van der Waals surface area contributed by atoms with Crippen molar-refractivity contribution in [3.63, 3.8) is 0 Å². The van der Waals surface area contributed by atoms with Crippen LogP contribution in [0.1, 0.15) is 45.6 Å². The van der Waals surface area contributed by atoms with Crippen LogP contribution in [0.2, 0.25) is 0 Å². The molecule has 156 valence electrons. The molecule has 1 amide bonds. The Morgan fingerprint density at radius 3 is 2.03 bits per heavy atom.